The van der Waals surface area contributed by atoms with E-state index in [0.29, 0.717) is 18.7 Å². The van der Waals surface area contributed by atoms with Gasteiger partial charge in [-0.3, -0.25) is 9.59 Å². The number of hydrogen-bond donors (Lipinski definition) is 0. The zero-order valence-electron chi connectivity index (χ0n) is 16.3. The quantitative estimate of drug-likeness (QED) is 0.796. The third kappa shape index (κ3) is 3.96. The second-order valence-electron chi connectivity index (χ2n) is 7.38. The van der Waals surface area contributed by atoms with Gasteiger partial charge in [0.25, 0.3) is 5.91 Å². The lowest BCUT2D eigenvalue weighted by Gasteiger charge is -2.42. The highest BCUT2D eigenvalue weighted by molar-refractivity contribution is 5.86. The van der Waals surface area contributed by atoms with Crippen LogP contribution in [0.25, 0.3) is 0 Å². The summed E-state index contributed by atoms with van der Waals surface area (Å²) in [5, 5.41) is 0. The average molecular weight is 397 g/mol. The molecule has 4 rings (SSSR count). The first-order valence-corrected chi connectivity index (χ1v) is 9.76. The first-order valence-electron chi connectivity index (χ1n) is 9.76. The minimum absolute atomic E-state index is 0.130. The zero-order chi connectivity index (χ0) is 20.4. The summed E-state index contributed by atoms with van der Waals surface area (Å²) in [4.78, 5) is 31.0. The van der Waals surface area contributed by atoms with Gasteiger partial charge in [-0.05, 0) is 29.8 Å². The van der Waals surface area contributed by atoms with Crippen LogP contribution in [0.4, 0.5) is 10.1 Å². The van der Waals surface area contributed by atoms with Crippen molar-refractivity contribution < 1.29 is 18.7 Å². The lowest BCUT2D eigenvalue weighted by atomic mass is 9.97. The number of carbonyl (C=O) groups excluding carboxylic acids is 2. The molecule has 2 fully saturated rings. The number of nitrogens with zero attached hydrogens (tertiary/aromatic N) is 3. The van der Waals surface area contributed by atoms with Gasteiger partial charge in [-0.15, -0.1) is 0 Å². The van der Waals surface area contributed by atoms with Gasteiger partial charge < -0.3 is 19.4 Å². The molecule has 2 aliphatic heterocycles. The SMILES string of the molecule is CN1C(=O)CO[C@H](C(=O)N2CCN(c3ccccc3)CC2)[C@H]1c1ccc(F)cc1. The van der Waals surface area contributed by atoms with E-state index in [-0.39, 0.29) is 24.2 Å². The van der Waals surface area contributed by atoms with E-state index in [0.717, 1.165) is 18.8 Å². The number of ether oxygens (including phenoxy) is 1. The third-order valence-corrected chi connectivity index (χ3v) is 5.65. The number of benzene rings is 2. The predicted octanol–water partition coefficient (Wildman–Crippen LogP) is 2.07. The standard InChI is InChI=1S/C22H24FN3O3/c1-24-19(27)15-29-21(20(24)16-7-9-17(23)10-8-16)22(28)26-13-11-25(12-14-26)18-5-3-2-4-6-18/h2-10,20-21H,11-15H2,1H3/t20-,21+/m1/s1. The molecule has 0 bridgehead atoms. The van der Waals surface area contributed by atoms with Crippen LogP contribution >= 0.6 is 0 Å². The Morgan fingerprint density at radius 2 is 1.66 bits per heavy atom. The van der Waals surface area contributed by atoms with E-state index in [1.807, 2.05) is 18.2 Å². The highest BCUT2D eigenvalue weighted by atomic mass is 19.1. The number of amides is 2. The Bertz CT molecular complexity index is 867. The number of piperazine rings is 1. The van der Waals surface area contributed by atoms with Gasteiger partial charge in [0.1, 0.15) is 12.4 Å². The Balaban J connectivity index is 1.49. The third-order valence-electron chi connectivity index (χ3n) is 5.65. The maximum Gasteiger partial charge on any atom is 0.254 e. The molecule has 2 heterocycles. The molecule has 2 aromatic carbocycles. The first-order chi connectivity index (χ1) is 14.0. The molecule has 0 aromatic heterocycles. The van der Waals surface area contributed by atoms with Crippen LogP contribution in [0.5, 0.6) is 0 Å². The molecule has 2 aromatic rings. The summed E-state index contributed by atoms with van der Waals surface area (Å²) < 4.78 is 19.1. The maximum absolute atomic E-state index is 13.4. The van der Waals surface area contributed by atoms with E-state index in [1.165, 1.54) is 17.0 Å². The van der Waals surface area contributed by atoms with E-state index >= 15 is 0 Å². The molecule has 2 aliphatic rings. The minimum atomic E-state index is -0.800. The van der Waals surface area contributed by atoms with Crippen molar-refractivity contribution in [2.24, 2.45) is 0 Å². The zero-order valence-corrected chi connectivity index (χ0v) is 16.3. The van der Waals surface area contributed by atoms with Gasteiger partial charge in [-0.1, -0.05) is 30.3 Å². The number of halogens is 1. The number of carbonyl (C=O) groups is 2. The van der Waals surface area contributed by atoms with Crippen LogP contribution in [0.3, 0.4) is 0 Å². The number of hydrogen-bond acceptors (Lipinski definition) is 4. The normalized spacial score (nSPS) is 22.7. The fraction of sp³-hybridized carbons (Fsp3) is 0.364. The Morgan fingerprint density at radius 3 is 2.31 bits per heavy atom. The first kappa shape index (κ1) is 19.4. The van der Waals surface area contributed by atoms with Crippen LogP contribution < -0.4 is 4.90 Å². The number of rotatable bonds is 3. The smallest absolute Gasteiger partial charge is 0.254 e. The van der Waals surface area contributed by atoms with E-state index < -0.39 is 12.1 Å². The maximum atomic E-state index is 13.4. The lowest BCUT2D eigenvalue weighted by molar-refractivity contribution is -0.167. The highest BCUT2D eigenvalue weighted by Gasteiger charge is 2.42. The number of likely N-dealkylation sites (N-methyl/N-ethyl adjacent to an activating group) is 1. The fourth-order valence-corrected chi connectivity index (χ4v) is 3.98. The summed E-state index contributed by atoms with van der Waals surface area (Å²) in [6, 6.07) is 15.4. The fourth-order valence-electron chi connectivity index (χ4n) is 3.98. The Labute approximate surface area is 169 Å². The number of morpholine rings is 1. The summed E-state index contributed by atoms with van der Waals surface area (Å²) in [5.74, 6) is -0.692. The van der Waals surface area contributed by atoms with E-state index in [9.17, 15) is 14.0 Å². The molecule has 152 valence electrons. The summed E-state index contributed by atoms with van der Waals surface area (Å²) in [5.41, 5.74) is 1.83. The van der Waals surface area contributed by atoms with Crippen LogP contribution in [0.1, 0.15) is 11.6 Å². The Kier molecular flexibility index (Phi) is 5.49. The largest absolute Gasteiger partial charge is 0.368 e. The van der Waals surface area contributed by atoms with Gasteiger partial charge in [-0.2, -0.15) is 0 Å². The van der Waals surface area contributed by atoms with Crippen molar-refractivity contribution >= 4 is 17.5 Å². The van der Waals surface area contributed by atoms with Gasteiger partial charge >= 0.3 is 0 Å². The predicted molar refractivity (Wildman–Crippen MR) is 107 cm³/mol. The van der Waals surface area contributed by atoms with Gasteiger partial charge in [0.05, 0.1) is 6.04 Å². The second kappa shape index (κ2) is 8.21. The topological polar surface area (TPSA) is 53.1 Å². The van der Waals surface area contributed by atoms with Crippen molar-refractivity contribution in [1.29, 1.82) is 0 Å². The molecule has 0 N–H and O–H groups in total. The molecule has 2 amide bonds. The van der Waals surface area contributed by atoms with E-state index in [1.54, 1.807) is 24.1 Å². The van der Waals surface area contributed by atoms with Crippen LogP contribution in [-0.2, 0) is 14.3 Å². The minimum Gasteiger partial charge on any atom is -0.368 e. The molecule has 0 radical (unpaired) electrons. The summed E-state index contributed by atoms with van der Waals surface area (Å²) >= 11 is 0. The molecule has 0 unspecified atom stereocenters. The molecule has 0 aliphatic carbocycles. The van der Waals surface area contributed by atoms with E-state index in [2.05, 4.69) is 17.0 Å². The van der Waals surface area contributed by atoms with Crippen molar-refractivity contribution in [2.75, 3.05) is 44.7 Å². The van der Waals surface area contributed by atoms with Gasteiger partial charge in [-0.25, -0.2) is 4.39 Å². The lowest BCUT2D eigenvalue weighted by Crippen LogP contribution is -2.57. The molecule has 2 atom stereocenters. The summed E-state index contributed by atoms with van der Waals surface area (Å²) in [6.07, 6.45) is -0.800. The highest BCUT2D eigenvalue weighted by Crippen LogP contribution is 2.31. The van der Waals surface area contributed by atoms with Crippen LogP contribution in [0, 0.1) is 5.82 Å². The van der Waals surface area contributed by atoms with Crippen molar-refractivity contribution in [2.45, 2.75) is 12.1 Å². The summed E-state index contributed by atoms with van der Waals surface area (Å²) in [6.45, 7) is 2.51. The molecule has 2 saturated heterocycles. The van der Waals surface area contributed by atoms with Crippen molar-refractivity contribution in [1.82, 2.24) is 9.80 Å². The van der Waals surface area contributed by atoms with Crippen molar-refractivity contribution in [3.05, 3.63) is 66.0 Å². The monoisotopic (exact) mass is 397 g/mol. The number of para-hydroxylation sites is 1. The summed E-state index contributed by atoms with van der Waals surface area (Å²) in [7, 11) is 1.66. The molecule has 6 nitrogen and oxygen atoms in total. The molecule has 7 heteroatoms. The number of anilines is 1. The average Bonchev–Trinajstić information content (AvgIpc) is 2.76. The van der Waals surface area contributed by atoms with Crippen molar-refractivity contribution in [3.63, 3.8) is 0 Å². The van der Waals surface area contributed by atoms with Crippen LogP contribution in [-0.4, -0.2) is 67.6 Å². The van der Waals surface area contributed by atoms with Crippen LogP contribution in [0.2, 0.25) is 0 Å². The molecule has 0 spiro atoms. The molecule has 29 heavy (non-hydrogen) atoms. The van der Waals surface area contributed by atoms with Crippen LogP contribution in [0.15, 0.2) is 54.6 Å². The molecule has 0 saturated carbocycles. The molecular formula is C22H24FN3O3. The second-order valence-corrected chi connectivity index (χ2v) is 7.38. The molecular weight excluding hydrogens is 373 g/mol. The Hall–Kier alpha value is -2.93. The van der Waals surface area contributed by atoms with Crippen molar-refractivity contribution in [3.8, 4) is 0 Å². The van der Waals surface area contributed by atoms with Gasteiger partial charge in [0.15, 0.2) is 6.10 Å². The van der Waals surface area contributed by atoms with Gasteiger partial charge in [0.2, 0.25) is 5.91 Å². The Morgan fingerprint density at radius 1 is 1.00 bits per heavy atom. The van der Waals surface area contributed by atoms with Gasteiger partial charge in [0, 0.05) is 38.9 Å². The van der Waals surface area contributed by atoms with E-state index in [4.69, 9.17) is 4.74 Å².